The Kier molecular flexibility index (Phi) is 9.72. The highest BCUT2D eigenvalue weighted by Crippen LogP contribution is 2.24. The number of aliphatic hydroxyl groups excluding tert-OH is 1. The fraction of sp³-hybridized carbons (Fsp3) is 0.387. The van der Waals surface area contributed by atoms with Gasteiger partial charge in [0.25, 0.3) is 11.8 Å². The van der Waals surface area contributed by atoms with Gasteiger partial charge in [0.05, 0.1) is 36.0 Å². The summed E-state index contributed by atoms with van der Waals surface area (Å²) in [5.74, 6) is -1.75. The van der Waals surface area contributed by atoms with E-state index in [0.717, 1.165) is 21.4 Å². The molecule has 1 unspecified atom stereocenters. The first kappa shape index (κ1) is 30.2. The molecule has 7 N–H and O–H groups in total. The largest absolute Gasteiger partial charge is 0.383 e. The van der Waals surface area contributed by atoms with Crippen molar-refractivity contribution in [1.29, 1.82) is 0 Å². The smallest absolute Gasteiger partial charge is 0.251 e. The zero-order valence-corrected chi connectivity index (χ0v) is 23.7. The standard InChI is InChI=1S/C31H37N7O5/c32-15-28(40)36-21-13-25(33-16-21)30(42)38(23-12-20-8-4-5-9-24(20)35-18-23)31(43)26-14-22(17-34-26)37-29(41)27(39)11-10-19-6-2-1-3-7-19/h1-9,12,18,21-22,25-27,33-34,39H,10-11,13-17,32H2,(H,36,40)(H,37,41)/t21?,22-,25+,26+,27-/m1/s1. The molecule has 12 heteroatoms. The number of aromatic nitrogens is 1. The minimum atomic E-state index is -1.18. The van der Waals surface area contributed by atoms with Crippen molar-refractivity contribution in [3.05, 3.63) is 72.4 Å². The van der Waals surface area contributed by atoms with Gasteiger partial charge >= 0.3 is 0 Å². The van der Waals surface area contributed by atoms with Crippen LogP contribution in [0.2, 0.25) is 0 Å². The summed E-state index contributed by atoms with van der Waals surface area (Å²) in [4.78, 5) is 57.9. The molecule has 226 valence electrons. The van der Waals surface area contributed by atoms with Crippen LogP contribution in [0.5, 0.6) is 0 Å². The number of carbonyl (C=O) groups is 4. The number of carbonyl (C=O) groups excluding carboxylic acids is 4. The van der Waals surface area contributed by atoms with Crippen molar-refractivity contribution in [2.24, 2.45) is 5.73 Å². The zero-order valence-electron chi connectivity index (χ0n) is 23.7. The lowest BCUT2D eigenvalue weighted by Crippen LogP contribution is -2.52. The third kappa shape index (κ3) is 7.41. The van der Waals surface area contributed by atoms with E-state index in [1.54, 1.807) is 6.07 Å². The number of imide groups is 1. The summed E-state index contributed by atoms with van der Waals surface area (Å²) in [5.41, 5.74) is 7.50. The minimum absolute atomic E-state index is 0.155. The minimum Gasteiger partial charge on any atom is -0.383 e. The van der Waals surface area contributed by atoms with Crippen LogP contribution in [-0.2, 0) is 25.6 Å². The Bertz CT molecular complexity index is 1470. The van der Waals surface area contributed by atoms with E-state index in [9.17, 15) is 24.3 Å². The Hall–Kier alpha value is -4.23. The van der Waals surface area contributed by atoms with Gasteiger partial charge in [0.1, 0.15) is 6.10 Å². The number of nitrogens with one attached hydrogen (secondary N) is 4. The molecule has 43 heavy (non-hydrogen) atoms. The van der Waals surface area contributed by atoms with Crippen LogP contribution in [-0.4, -0.2) is 83.6 Å². The molecule has 0 aliphatic carbocycles. The van der Waals surface area contributed by atoms with Gasteiger partial charge in [-0.3, -0.25) is 24.2 Å². The quantitative estimate of drug-likeness (QED) is 0.174. The topological polar surface area (TPSA) is 179 Å². The van der Waals surface area contributed by atoms with E-state index < -0.39 is 42.0 Å². The van der Waals surface area contributed by atoms with Gasteiger partial charge in [0, 0.05) is 30.6 Å². The highest BCUT2D eigenvalue weighted by Gasteiger charge is 2.41. The summed E-state index contributed by atoms with van der Waals surface area (Å²) in [7, 11) is 0. The van der Waals surface area contributed by atoms with Gasteiger partial charge < -0.3 is 32.1 Å². The number of nitrogens with zero attached hydrogens (tertiary/aromatic N) is 2. The van der Waals surface area contributed by atoms with Crippen molar-refractivity contribution >= 4 is 40.2 Å². The summed E-state index contributed by atoms with van der Waals surface area (Å²) in [5, 5.41) is 23.1. The average Bonchev–Trinajstić information content (AvgIpc) is 3.70. The Morgan fingerprint density at radius 3 is 2.23 bits per heavy atom. The normalized spacial score (nSPS) is 22.2. The van der Waals surface area contributed by atoms with Crippen molar-refractivity contribution in [2.75, 3.05) is 24.5 Å². The maximum Gasteiger partial charge on any atom is 0.251 e. The molecule has 2 saturated heterocycles. The Morgan fingerprint density at radius 2 is 1.56 bits per heavy atom. The summed E-state index contributed by atoms with van der Waals surface area (Å²) in [6.07, 6.45) is 1.69. The molecule has 3 aromatic rings. The predicted octanol–water partition coefficient (Wildman–Crippen LogP) is -0.260. The number of aliphatic hydroxyl groups is 1. The van der Waals surface area contributed by atoms with Crippen molar-refractivity contribution in [3.8, 4) is 0 Å². The maximum absolute atomic E-state index is 13.9. The molecule has 2 aliphatic heterocycles. The zero-order chi connectivity index (χ0) is 30.3. The number of pyridine rings is 1. The molecule has 3 heterocycles. The lowest BCUT2D eigenvalue weighted by Gasteiger charge is -2.27. The van der Waals surface area contributed by atoms with E-state index in [4.69, 9.17) is 5.73 Å². The van der Waals surface area contributed by atoms with E-state index >= 15 is 0 Å². The molecule has 2 aliphatic rings. The van der Waals surface area contributed by atoms with Crippen LogP contribution in [0.25, 0.3) is 10.9 Å². The molecule has 5 rings (SSSR count). The number of hydrogen-bond acceptors (Lipinski definition) is 9. The monoisotopic (exact) mass is 587 g/mol. The van der Waals surface area contributed by atoms with Crippen LogP contribution in [0.4, 0.5) is 5.69 Å². The average molecular weight is 588 g/mol. The van der Waals surface area contributed by atoms with Gasteiger partial charge in [-0.2, -0.15) is 0 Å². The first-order valence-electron chi connectivity index (χ1n) is 14.5. The molecule has 2 aromatic carbocycles. The number of rotatable bonds is 10. The number of nitrogens with two attached hydrogens (primary N) is 1. The van der Waals surface area contributed by atoms with Gasteiger partial charge in [-0.15, -0.1) is 0 Å². The molecule has 1 aromatic heterocycles. The number of benzene rings is 2. The Morgan fingerprint density at radius 1 is 0.930 bits per heavy atom. The molecule has 0 bridgehead atoms. The van der Waals surface area contributed by atoms with E-state index in [0.29, 0.717) is 31.6 Å². The molecule has 0 spiro atoms. The van der Waals surface area contributed by atoms with Crippen LogP contribution in [0, 0.1) is 0 Å². The predicted molar refractivity (Wildman–Crippen MR) is 161 cm³/mol. The number of amides is 4. The molecule has 4 amide bonds. The lowest BCUT2D eigenvalue weighted by molar-refractivity contribution is -0.131. The summed E-state index contributed by atoms with van der Waals surface area (Å²) >= 11 is 0. The van der Waals surface area contributed by atoms with Gasteiger partial charge in [0.15, 0.2) is 0 Å². The number of anilines is 1. The third-order valence-electron chi connectivity index (χ3n) is 7.88. The second kappa shape index (κ2) is 13.8. The fourth-order valence-corrected chi connectivity index (χ4v) is 5.59. The van der Waals surface area contributed by atoms with Gasteiger partial charge in [-0.05, 0) is 43.4 Å². The summed E-state index contributed by atoms with van der Waals surface area (Å²) in [6.45, 7) is 0.514. The van der Waals surface area contributed by atoms with Crippen molar-refractivity contribution in [2.45, 2.75) is 56.0 Å². The van der Waals surface area contributed by atoms with Crippen molar-refractivity contribution < 1.29 is 24.3 Å². The second-order valence-corrected chi connectivity index (χ2v) is 11.0. The molecular weight excluding hydrogens is 550 g/mol. The van der Waals surface area contributed by atoms with Crippen molar-refractivity contribution in [1.82, 2.24) is 26.3 Å². The lowest BCUT2D eigenvalue weighted by atomic mass is 10.1. The Balaban J connectivity index is 1.26. The third-order valence-corrected chi connectivity index (χ3v) is 7.88. The van der Waals surface area contributed by atoms with E-state index in [1.165, 1.54) is 6.20 Å². The number of fused-ring (bicyclic) bond motifs is 1. The van der Waals surface area contributed by atoms with Crippen LogP contribution >= 0.6 is 0 Å². The summed E-state index contributed by atoms with van der Waals surface area (Å²) < 4.78 is 0. The van der Waals surface area contributed by atoms with E-state index in [-0.39, 0.29) is 31.3 Å². The van der Waals surface area contributed by atoms with Crippen LogP contribution in [0.15, 0.2) is 66.9 Å². The van der Waals surface area contributed by atoms with Gasteiger partial charge in [-0.25, -0.2) is 4.90 Å². The van der Waals surface area contributed by atoms with Crippen LogP contribution in [0.1, 0.15) is 24.8 Å². The van der Waals surface area contributed by atoms with Crippen LogP contribution in [0.3, 0.4) is 0 Å². The fourth-order valence-electron chi connectivity index (χ4n) is 5.59. The maximum atomic E-state index is 13.9. The molecular formula is C31H37N7O5. The molecule has 12 nitrogen and oxygen atoms in total. The summed E-state index contributed by atoms with van der Waals surface area (Å²) in [6, 6.07) is 16.6. The highest BCUT2D eigenvalue weighted by molar-refractivity contribution is 6.18. The first-order chi connectivity index (χ1) is 20.8. The number of aryl methyl sites for hydroxylation is 1. The van der Waals surface area contributed by atoms with Crippen LogP contribution < -0.4 is 31.9 Å². The first-order valence-corrected chi connectivity index (χ1v) is 14.5. The van der Waals surface area contributed by atoms with E-state index in [1.807, 2.05) is 54.6 Å². The molecule has 0 radical (unpaired) electrons. The SMILES string of the molecule is NCC(=O)NC1CN[C@H](C(=O)N(C(=O)[C@@H]2C[C@@H](NC(=O)[C@H](O)CCc3ccccc3)CN2)c2cnc3ccccc3c2)C1. The highest BCUT2D eigenvalue weighted by atomic mass is 16.3. The van der Waals surface area contributed by atoms with Crippen molar-refractivity contribution in [3.63, 3.8) is 0 Å². The van der Waals surface area contributed by atoms with Gasteiger partial charge in [0.2, 0.25) is 11.8 Å². The molecule has 0 saturated carbocycles. The molecule has 2 fully saturated rings. The number of para-hydroxylation sites is 1. The van der Waals surface area contributed by atoms with E-state index in [2.05, 4.69) is 26.3 Å². The van der Waals surface area contributed by atoms with Gasteiger partial charge in [-0.1, -0.05) is 48.5 Å². The Labute approximate surface area is 249 Å². The molecule has 5 atom stereocenters. The number of hydrogen-bond donors (Lipinski definition) is 6. The second-order valence-electron chi connectivity index (χ2n) is 11.0.